The summed E-state index contributed by atoms with van der Waals surface area (Å²) < 4.78 is 0. The average Bonchev–Trinajstić information content (AvgIpc) is 3.11. The number of anilines is 1. The fraction of sp³-hybridized carbons (Fsp3) is 0.364. The minimum Gasteiger partial charge on any atom is -0.337 e. The van der Waals surface area contributed by atoms with Gasteiger partial charge >= 0.3 is 0 Å². The fourth-order valence-corrected chi connectivity index (χ4v) is 4.26. The van der Waals surface area contributed by atoms with Gasteiger partial charge in [0, 0.05) is 30.9 Å². The topological polar surface area (TPSA) is 43.9 Å². The van der Waals surface area contributed by atoms with E-state index in [0.717, 1.165) is 23.2 Å². The Morgan fingerprint density at radius 2 is 1.70 bits per heavy atom. The van der Waals surface area contributed by atoms with E-state index in [2.05, 4.69) is 4.90 Å². The molecule has 0 unspecified atom stereocenters. The number of carbonyl (C=O) groups is 2. The maximum atomic E-state index is 13.0. The molecule has 2 heterocycles. The number of nitrogens with zero attached hydrogens (tertiary/aromatic N) is 3. The van der Waals surface area contributed by atoms with Gasteiger partial charge in [0.1, 0.15) is 0 Å². The summed E-state index contributed by atoms with van der Waals surface area (Å²) in [7, 11) is 2.00. The summed E-state index contributed by atoms with van der Waals surface area (Å²) >= 11 is 0. The molecule has 1 spiro atoms. The Balaban J connectivity index is 1.57. The Morgan fingerprint density at radius 1 is 1.00 bits per heavy atom. The number of amides is 2. The minimum absolute atomic E-state index is 0.0848. The molecule has 4 rings (SSSR count). The van der Waals surface area contributed by atoms with Crippen molar-refractivity contribution in [3.05, 3.63) is 65.7 Å². The number of likely N-dealkylation sites (tertiary alicyclic amines) is 1. The Morgan fingerprint density at radius 3 is 2.44 bits per heavy atom. The van der Waals surface area contributed by atoms with Crippen molar-refractivity contribution >= 4 is 17.5 Å². The van der Waals surface area contributed by atoms with Crippen LogP contribution in [-0.4, -0.2) is 60.4 Å². The standard InChI is InChI=1S/C22H25N3O2/c1-17-8-6-7-11-19(17)21(27)24-13-12-22(15-24)16-25(20(26)14-23(22)2)18-9-4-3-5-10-18/h3-11H,12-16H2,1-2H3/t22-/m1/s1. The molecular formula is C22H25N3O2. The second-order valence-electron chi connectivity index (χ2n) is 7.69. The molecule has 2 aromatic rings. The number of hydrogen-bond donors (Lipinski definition) is 0. The predicted octanol–water partition coefficient (Wildman–Crippen LogP) is 2.56. The lowest BCUT2D eigenvalue weighted by molar-refractivity contribution is -0.123. The van der Waals surface area contributed by atoms with E-state index in [0.29, 0.717) is 26.2 Å². The molecule has 0 saturated carbocycles. The van der Waals surface area contributed by atoms with Crippen LogP contribution in [0.2, 0.25) is 0 Å². The van der Waals surface area contributed by atoms with Gasteiger partial charge in [-0.2, -0.15) is 0 Å². The van der Waals surface area contributed by atoms with Crippen molar-refractivity contribution < 1.29 is 9.59 Å². The van der Waals surface area contributed by atoms with Crippen LogP contribution in [-0.2, 0) is 4.79 Å². The number of likely N-dealkylation sites (N-methyl/N-ethyl adjacent to an activating group) is 1. The van der Waals surface area contributed by atoms with Gasteiger partial charge in [0.2, 0.25) is 5.91 Å². The van der Waals surface area contributed by atoms with E-state index in [-0.39, 0.29) is 17.4 Å². The van der Waals surface area contributed by atoms with Crippen LogP contribution in [0.5, 0.6) is 0 Å². The van der Waals surface area contributed by atoms with Crippen molar-refractivity contribution in [2.75, 3.05) is 38.1 Å². The number of para-hydroxylation sites is 1. The average molecular weight is 363 g/mol. The largest absolute Gasteiger partial charge is 0.337 e. The van der Waals surface area contributed by atoms with Crippen LogP contribution in [0, 0.1) is 6.92 Å². The molecule has 0 aromatic heterocycles. The SMILES string of the molecule is Cc1ccccc1C(=O)N1CC[C@@]2(C1)CN(c1ccccc1)C(=O)CN2C. The molecule has 140 valence electrons. The second kappa shape index (κ2) is 6.82. The quantitative estimate of drug-likeness (QED) is 0.824. The number of piperazine rings is 1. The first-order valence-corrected chi connectivity index (χ1v) is 9.42. The van der Waals surface area contributed by atoms with Crippen molar-refractivity contribution in [3.8, 4) is 0 Å². The molecule has 2 aromatic carbocycles. The van der Waals surface area contributed by atoms with Crippen molar-refractivity contribution in [3.63, 3.8) is 0 Å². The fourth-order valence-electron chi connectivity index (χ4n) is 4.26. The highest BCUT2D eigenvalue weighted by atomic mass is 16.2. The molecule has 0 aliphatic carbocycles. The molecule has 2 fully saturated rings. The summed E-state index contributed by atoms with van der Waals surface area (Å²) in [5.41, 5.74) is 2.51. The lowest BCUT2D eigenvalue weighted by Crippen LogP contribution is -2.64. The Bertz CT molecular complexity index is 867. The van der Waals surface area contributed by atoms with Gasteiger partial charge in [-0.25, -0.2) is 0 Å². The Kier molecular flexibility index (Phi) is 4.48. The van der Waals surface area contributed by atoms with Gasteiger partial charge < -0.3 is 9.80 Å². The smallest absolute Gasteiger partial charge is 0.254 e. The van der Waals surface area contributed by atoms with E-state index in [1.54, 1.807) is 0 Å². The van der Waals surface area contributed by atoms with Crippen LogP contribution >= 0.6 is 0 Å². The molecular weight excluding hydrogens is 338 g/mol. The molecule has 0 N–H and O–H groups in total. The van der Waals surface area contributed by atoms with Gasteiger partial charge in [0.15, 0.2) is 0 Å². The third kappa shape index (κ3) is 3.12. The lowest BCUT2D eigenvalue weighted by Gasteiger charge is -2.46. The third-order valence-corrected chi connectivity index (χ3v) is 6.00. The van der Waals surface area contributed by atoms with Crippen LogP contribution in [0.3, 0.4) is 0 Å². The molecule has 0 bridgehead atoms. The zero-order valence-electron chi connectivity index (χ0n) is 15.9. The monoisotopic (exact) mass is 363 g/mol. The van der Waals surface area contributed by atoms with Crippen LogP contribution in [0.25, 0.3) is 0 Å². The summed E-state index contributed by atoms with van der Waals surface area (Å²) in [6.07, 6.45) is 0.873. The van der Waals surface area contributed by atoms with E-state index in [4.69, 9.17) is 0 Å². The van der Waals surface area contributed by atoms with Crippen LogP contribution < -0.4 is 4.90 Å². The van der Waals surface area contributed by atoms with Crippen molar-refractivity contribution in [2.45, 2.75) is 18.9 Å². The first-order valence-electron chi connectivity index (χ1n) is 9.42. The third-order valence-electron chi connectivity index (χ3n) is 6.00. The summed E-state index contributed by atoms with van der Waals surface area (Å²) in [6.45, 7) is 4.33. The summed E-state index contributed by atoms with van der Waals surface area (Å²) in [5, 5.41) is 0. The van der Waals surface area contributed by atoms with Gasteiger partial charge in [0.05, 0.1) is 12.1 Å². The molecule has 2 aliphatic rings. The van der Waals surface area contributed by atoms with Crippen molar-refractivity contribution in [1.82, 2.24) is 9.80 Å². The first kappa shape index (κ1) is 17.7. The van der Waals surface area contributed by atoms with Gasteiger partial charge in [-0.15, -0.1) is 0 Å². The highest BCUT2D eigenvalue weighted by molar-refractivity contribution is 5.97. The number of aryl methyl sites for hydroxylation is 1. The van der Waals surface area contributed by atoms with Gasteiger partial charge in [0.25, 0.3) is 5.91 Å². The Hall–Kier alpha value is -2.66. The molecule has 0 radical (unpaired) electrons. The lowest BCUT2D eigenvalue weighted by atomic mass is 9.92. The molecule has 5 nitrogen and oxygen atoms in total. The molecule has 2 aliphatic heterocycles. The highest BCUT2D eigenvalue weighted by Gasteiger charge is 2.48. The van der Waals surface area contributed by atoms with E-state index >= 15 is 0 Å². The highest BCUT2D eigenvalue weighted by Crippen LogP contribution is 2.34. The maximum Gasteiger partial charge on any atom is 0.254 e. The minimum atomic E-state index is -0.192. The van der Waals surface area contributed by atoms with E-state index in [9.17, 15) is 9.59 Å². The Labute approximate surface area is 160 Å². The predicted molar refractivity (Wildman–Crippen MR) is 106 cm³/mol. The molecule has 2 amide bonds. The maximum absolute atomic E-state index is 13.0. The summed E-state index contributed by atoms with van der Waals surface area (Å²) in [5.74, 6) is 0.194. The van der Waals surface area contributed by atoms with Gasteiger partial charge in [-0.3, -0.25) is 14.5 Å². The number of benzene rings is 2. The molecule has 1 atom stereocenters. The molecule has 27 heavy (non-hydrogen) atoms. The van der Waals surface area contributed by atoms with E-state index in [1.165, 1.54) is 0 Å². The first-order chi connectivity index (χ1) is 13.0. The normalized spacial score (nSPS) is 23.3. The van der Waals surface area contributed by atoms with Crippen LogP contribution in [0.15, 0.2) is 54.6 Å². The van der Waals surface area contributed by atoms with Crippen LogP contribution in [0.1, 0.15) is 22.3 Å². The number of hydrogen-bond acceptors (Lipinski definition) is 3. The number of rotatable bonds is 2. The number of carbonyl (C=O) groups excluding carboxylic acids is 2. The molecule has 2 saturated heterocycles. The van der Waals surface area contributed by atoms with Crippen LogP contribution in [0.4, 0.5) is 5.69 Å². The van der Waals surface area contributed by atoms with Gasteiger partial charge in [-0.05, 0) is 44.2 Å². The summed E-state index contributed by atoms with van der Waals surface area (Å²) in [4.78, 5) is 31.6. The van der Waals surface area contributed by atoms with E-state index < -0.39 is 0 Å². The van der Waals surface area contributed by atoms with Gasteiger partial charge in [-0.1, -0.05) is 36.4 Å². The van der Waals surface area contributed by atoms with Crippen molar-refractivity contribution in [2.24, 2.45) is 0 Å². The molecule has 5 heteroatoms. The second-order valence-corrected chi connectivity index (χ2v) is 7.69. The van der Waals surface area contributed by atoms with E-state index in [1.807, 2.05) is 78.4 Å². The summed E-state index contributed by atoms with van der Waals surface area (Å²) in [6, 6.07) is 17.5. The zero-order valence-corrected chi connectivity index (χ0v) is 15.9. The zero-order chi connectivity index (χ0) is 19.0. The van der Waals surface area contributed by atoms with Crippen molar-refractivity contribution in [1.29, 1.82) is 0 Å².